The van der Waals surface area contributed by atoms with Crippen LogP contribution in [0, 0.1) is 11.8 Å². The molecule has 0 aliphatic rings. The Balaban J connectivity index is 2.33. The highest BCUT2D eigenvalue weighted by atomic mass is 35.5. The zero-order valence-electron chi connectivity index (χ0n) is 7.03. The zero-order chi connectivity index (χ0) is 9.36. The summed E-state index contributed by atoms with van der Waals surface area (Å²) in [5.74, 6) is 6.33. The number of hydrogen-bond acceptors (Lipinski definition) is 1. The Hall–Kier alpha value is -1.39. The van der Waals surface area contributed by atoms with E-state index in [9.17, 15) is 0 Å². The second-order valence-electron chi connectivity index (χ2n) is 2.22. The molecule has 0 atom stereocenters. The lowest BCUT2D eigenvalue weighted by Gasteiger charge is -1.98. The van der Waals surface area contributed by atoms with E-state index in [1.165, 1.54) is 5.54 Å². The summed E-state index contributed by atoms with van der Waals surface area (Å²) < 4.78 is 5.30. The molecule has 13 heavy (non-hydrogen) atoms. The van der Waals surface area contributed by atoms with Gasteiger partial charge in [-0.25, -0.2) is 0 Å². The predicted molar refractivity (Wildman–Crippen MR) is 54.7 cm³/mol. The van der Waals surface area contributed by atoms with Gasteiger partial charge in [-0.1, -0.05) is 41.6 Å². The monoisotopic (exact) mass is 192 g/mol. The molecule has 0 unspecified atom stereocenters. The smallest absolute Gasteiger partial charge is 0.149 e. The highest BCUT2D eigenvalue weighted by molar-refractivity contribution is 6.25. The molecule has 0 fully saturated rings. The minimum Gasteiger partial charge on any atom is -0.481 e. The van der Waals surface area contributed by atoms with Crippen molar-refractivity contribution in [2.75, 3.05) is 6.61 Å². The van der Waals surface area contributed by atoms with Gasteiger partial charge in [-0.05, 0) is 18.2 Å². The number of halogens is 1. The third kappa shape index (κ3) is 4.25. The molecule has 0 aromatic heterocycles. The first-order valence-corrected chi connectivity index (χ1v) is 4.28. The minimum absolute atomic E-state index is 0.380. The van der Waals surface area contributed by atoms with Gasteiger partial charge in [-0.2, -0.15) is 0 Å². The molecule has 66 valence electrons. The number of rotatable bonds is 2. The Morgan fingerprint density at radius 3 is 2.77 bits per heavy atom. The molecule has 2 heteroatoms. The Morgan fingerprint density at radius 2 is 2.08 bits per heavy atom. The summed E-state index contributed by atoms with van der Waals surface area (Å²) in [6.45, 7) is 0.380. The molecule has 0 aliphatic carbocycles. The molecule has 0 heterocycles. The number of allylic oxidation sites excluding steroid dienone is 1. The number of para-hydroxylation sites is 1. The Morgan fingerprint density at radius 1 is 1.31 bits per heavy atom. The molecule has 0 saturated heterocycles. The van der Waals surface area contributed by atoms with Crippen molar-refractivity contribution in [1.29, 1.82) is 0 Å². The SMILES string of the molecule is ClC=CC#CCOc1ccccc1. The summed E-state index contributed by atoms with van der Waals surface area (Å²) in [5.41, 5.74) is 1.37. The van der Waals surface area contributed by atoms with Crippen molar-refractivity contribution in [2.45, 2.75) is 0 Å². The van der Waals surface area contributed by atoms with Crippen LogP contribution >= 0.6 is 11.6 Å². The number of ether oxygens (including phenoxy) is 1. The molecule has 0 amide bonds. The minimum atomic E-state index is 0.380. The molecular weight excluding hydrogens is 184 g/mol. The van der Waals surface area contributed by atoms with E-state index in [1.54, 1.807) is 6.08 Å². The summed E-state index contributed by atoms with van der Waals surface area (Å²) in [6, 6.07) is 9.55. The predicted octanol–water partition coefficient (Wildman–Crippen LogP) is 2.82. The molecule has 1 aromatic carbocycles. The average molecular weight is 193 g/mol. The molecule has 0 aliphatic heterocycles. The Kier molecular flexibility index (Phi) is 4.60. The molecule has 0 radical (unpaired) electrons. The molecule has 1 rings (SSSR count). The van der Waals surface area contributed by atoms with Crippen molar-refractivity contribution >= 4 is 11.6 Å². The van der Waals surface area contributed by atoms with Gasteiger partial charge in [0.15, 0.2) is 0 Å². The van der Waals surface area contributed by atoms with Gasteiger partial charge in [0, 0.05) is 5.54 Å². The van der Waals surface area contributed by atoms with Gasteiger partial charge in [0.05, 0.1) is 0 Å². The van der Waals surface area contributed by atoms with Gasteiger partial charge in [0.2, 0.25) is 0 Å². The van der Waals surface area contributed by atoms with Gasteiger partial charge in [-0.3, -0.25) is 0 Å². The molecule has 0 N–H and O–H groups in total. The van der Waals surface area contributed by atoms with Gasteiger partial charge in [-0.15, -0.1) is 0 Å². The van der Waals surface area contributed by atoms with E-state index in [0.717, 1.165) is 5.75 Å². The van der Waals surface area contributed by atoms with Crippen LogP contribution in [-0.2, 0) is 0 Å². The van der Waals surface area contributed by atoms with E-state index < -0.39 is 0 Å². The van der Waals surface area contributed by atoms with Crippen molar-refractivity contribution in [3.05, 3.63) is 41.9 Å². The summed E-state index contributed by atoms with van der Waals surface area (Å²) >= 11 is 5.27. The van der Waals surface area contributed by atoms with E-state index in [2.05, 4.69) is 11.8 Å². The summed E-state index contributed by atoms with van der Waals surface area (Å²) in [4.78, 5) is 0. The maximum Gasteiger partial charge on any atom is 0.149 e. The van der Waals surface area contributed by atoms with E-state index in [1.807, 2.05) is 30.3 Å². The normalized spacial score (nSPS) is 9.31. The largest absolute Gasteiger partial charge is 0.481 e. The van der Waals surface area contributed by atoms with Crippen LogP contribution in [-0.4, -0.2) is 6.61 Å². The fraction of sp³-hybridized carbons (Fsp3) is 0.0909. The van der Waals surface area contributed by atoms with Gasteiger partial charge in [0.1, 0.15) is 12.4 Å². The van der Waals surface area contributed by atoms with Crippen molar-refractivity contribution < 1.29 is 4.74 Å². The highest BCUT2D eigenvalue weighted by Crippen LogP contribution is 2.07. The molecule has 0 saturated carbocycles. The first-order valence-electron chi connectivity index (χ1n) is 3.85. The molecule has 0 spiro atoms. The summed E-state index contributed by atoms with van der Waals surface area (Å²) in [7, 11) is 0. The van der Waals surface area contributed by atoms with E-state index >= 15 is 0 Å². The fourth-order valence-electron chi connectivity index (χ4n) is 0.768. The van der Waals surface area contributed by atoms with Crippen molar-refractivity contribution in [3.8, 4) is 17.6 Å². The second-order valence-corrected chi connectivity index (χ2v) is 2.47. The molecule has 1 nitrogen and oxygen atoms in total. The van der Waals surface area contributed by atoms with Crippen LogP contribution in [0.1, 0.15) is 0 Å². The van der Waals surface area contributed by atoms with Crippen LogP contribution in [0.4, 0.5) is 0 Å². The number of hydrogen-bond donors (Lipinski definition) is 0. The number of benzene rings is 1. The van der Waals surface area contributed by atoms with E-state index in [4.69, 9.17) is 16.3 Å². The quantitative estimate of drug-likeness (QED) is 0.655. The van der Waals surface area contributed by atoms with Crippen LogP contribution in [0.2, 0.25) is 0 Å². The van der Waals surface area contributed by atoms with Crippen LogP contribution in [0.15, 0.2) is 41.9 Å². The molecule has 1 aromatic rings. The van der Waals surface area contributed by atoms with Crippen LogP contribution in [0.5, 0.6) is 5.75 Å². The second kappa shape index (κ2) is 6.16. The van der Waals surface area contributed by atoms with Crippen LogP contribution < -0.4 is 4.74 Å². The van der Waals surface area contributed by atoms with Crippen LogP contribution in [0.25, 0.3) is 0 Å². The Bertz CT molecular complexity index is 319. The lowest BCUT2D eigenvalue weighted by Crippen LogP contribution is -1.92. The average Bonchev–Trinajstić information content (AvgIpc) is 2.19. The topological polar surface area (TPSA) is 9.23 Å². The van der Waals surface area contributed by atoms with Crippen molar-refractivity contribution in [3.63, 3.8) is 0 Å². The standard InChI is InChI=1S/C11H9ClO/c12-9-5-2-6-10-13-11-7-3-1-4-8-11/h1,3-5,7-9H,10H2. The first kappa shape index (κ1) is 9.70. The maximum atomic E-state index is 5.30. The maximum absolute atomic E-state index is 5.30. The molecular formula is C11H9ClO. The van der Waals surface area contributed by atoms with Crippen LogP contribution in [0.3, 0.4) is 0 Å². The zero-order valence-corrected chi connectivity index (χ0v) is 7.79. The fourth-order valence-corrected chi connectivity index (χ4v) is 0.831. The lowest BCUT2D eigenvalue weighted by atomic mass is 10.3. The Labute approximate surface area is 83.0 Å². The summed E-state index contributed by atoms with van der Waals surface area (Å²) in [6.07, 6.45) is 1.57. The summed E-state index contributed by atoms with van der Waals surface area (Å²) in [5, 5.41) is 0. The van der Waals surface area contributed by atoms with Gasteiger partial charge >= 0.3 is 0 Å². The van der Waals surface area contributed by atoms with Gasteiger partial charge in [0.25, 0.3) is 0 Å². The van der Waals surface area contributed by atoms with E-state index in [-0.39, 0.29) is 0 Å². The third-order valence-electron chi connectivity index (χ3n) is 1.30. The van der Waals surface area contributed by atoms with Gasteiger partial charge < -0.3 is 4.74 Å². The van der Waals surface area contributed by atoms with Crippen molar-refractivity contribution in [2.24, 2.45) is 0 Å². The highest BCUT2D eigenvalue weighted by Gasteiger charge is 1.85. The lowest BCUT2D eigenvalue weighted by molar-refractivity contribution is 0.370. The first-order chi connectivity index (χ1) is 6.43. The van der Waals surface area contributed by atoms with Crippen molar-refractivity contribution in [1.82, 2.24) is 0 Å². The molecule has 0 bridgehead atoms. The third-order valence-corrected chi connectivity index (χ3v) is 1.43. The van der Waals surface area contributed by atoms with E-state index in [0.29, 0.717) is 6.61 Å².